The number of nitrogens with zero attached hydrogens (tertiary/aromatic N) is 2. The molecule has 2 rings (SSSR count). The van der Waals surface area contributed by atoms with Gasteiger partial charge in [0.25, 0.3) is 0 Å². The first-order chi connectivity index (χ1) is 11.2. The van der Waals surface area contributed by atoms with E-state index in [1.54, 1.807) is 17.0 Å². The van der Waals surface area contributed by atoms with Crippen molar-refractivity contribution in [3.05, 3.63) is 29.3 Å². The van der Waals surface area contributed by atoms with Crippen LogP contribution in [0.1, 0.15) is 40.5 Å². The SMILES string of the molecule is CC(C)N(C(=O)[C@H]1CCCN1S(=O)(=O)c1ccc(Cl)cc1)C(C)C. The van der Waals surface area contributed by atoms with Gasteiger partial charge in [0.05, 0.1) is 4.90 Å². The molecule has 1 saturated heterocycles. The van der Waals surface area contributed by atoms with E-state index in [0.29, 0.717) is 24.4 Å². The maximum atomic E-state index is 13.0. The summed E-state index contributed by atoms with van der Waals surface area (Å²) in [6.45, 7) is 8.16. The van der Waals surface area contributed by atoms with Gasteiger partial charge in [-0.25, -0.2) is 8.42 Å². The molecular weight excluding hydrogens is 348 g/mol. The Hall–Kier alpha value is -1.11. The van der Waals surface area contributed by atoms with Crippen LogP contribution in [0.25, 0.3) is 0 Å². The predicted molar refractivity (Wildman–Crippen MR) is 95.5 cm³/mol. The van der Waals surface area contributed by atoms with E-state index < -0.39 is 16.1 Å². The summed E-state index contributed by atoms with van der Waals surface area (Å²) in [6, 6.07) is 5.50. The highest BCUT2D eigenvalue weighted by Gasteiger charge is 2.42. The number of hydrogen-bond donors (Lipinski definition) is 0. The quantitative estimate of drug-likeness (QED) is 0.797. The molecule has 0 aromatic heterocycles. The molecule has 1 aliphatic heterocycles. The van der Waals surface area contributed by atoms with Gasteiger partial charge in [-0.05, 0) is 64.8 Å². The van der Waals surface area contributed by atoms with E-state index in [1.165, 1.54) is 16.4 Å². The number of hydrogen-bond acceptors (Lipinski definition) is 3. The van der Waals surface area contributed by atoms with Crippen molar-refractivity contribution in [1.82, 2.24) is 9.21 Å². The van der Waals surface area contributed by atoms with E-state index >= 15 is 0 Å². The smallest absolute Gasteiger partial charge is 0.243 e. The second-order valence-electron chi connectivity index (χ2n) is 6.66. The molecule has 1 fully saturated rings. The molecule has 0 N–H and O–H groups in total. The highest BCUT2D eigenvalue weighted by Crippen LogP contribution is 2.28. The maximum absolute atomic E-state index is 13.0. The Morgan fingerprint density at radius 1 is 1.17 bits per heavy atom. The topological polar surface area (TPSA) is 57.7 Å². The summed E-state index contributed by atoms with van der Waals surface area (Å²) in [5, 5.41) is 0.480. The van der Waals surface area contributed by atoms with Crippen molar-refractivity contribution in [3.63, 3.8) is 0 Å². The molecule has 0 radical (unpaired) electrons. The Morgan fingerprint density at radius 3 is 2.21 bits per heavy atom. The van der Waals surface area contributed by atoms with Gasteiger partial charge in [-0.1, -0.05) is 11.6 Å². The maximum Gasteiger partial charge on any atom is 0.243 e. The molecule has 0 unspecified atom stereocenters. The van der Waals surface area contributed by atoms with Crippen LogP contribution in [0, 0.1) is 0 Å². The summed E-state index contributed by atoms with van der Waals surface area (Å²) in [5.41, 5.74) is 0. The Kier molecular flexibility index (Phi) is 5.94. The van der Waals surface area contributed by atoms with Crippen molar-refractivity contribution in [1.29, 1.82) is 0 Å². The Morgan fingerprint density at radius 2 is 1.71 bits per heavy atom. The molecule has 5 nitrogen and oxygen atoms in total. The number of rotatable bonds is 5. The molecule has 0 aliphatic carbocycles. The van der Waals surface area contributed by atoms with Gasteiger partial charge in [-0.3, -0.25) is 4.79 Å². The molecule has 1 aromatic rings. The van der Waals surface area contributed by atoms with E-state index in [1.807, 2.05) is 27.7 Å². The monoisotopic (exact) mass is 372 g/mol. The molecule has 1 aliphatic rings. The molecule has 1 atom stereocenters. The van der Waals surface area contributed by atoms with Gasteiger partial charge in [-0.2, -0.15) is 4.31 Å². The van der Waals surface area contributed by atoms with Crippen LogP contribution in [-0.2, 0) is 14.8 Å². The van der Waals surface area contributed by atoms with E-state index in [0.717, 1.165) is 0 Å². The van der Waals surface area contributed by atoms with Crippen LogP contribution in [-0.4, -0.2) is 48.2 Å². The number of benzene rings is 1. The van der Waals surface area contributed by atoms with Crippen molar-refractivity contribution >= 4 is 27.5 Å². The molecule has 1 aromatic carbocycles. The fourth-order valence-electron chi connectivity index (χ4n) is 3.29. The van der Waals surface area contributed by atoms with Crippen LogP contribution in [0.2, 0.25) is 5.02 Å². The molecule has 1 amide bonds. The molecule has 24 heavy (non-hydrogen) atoms. The first-order valence-corrected chi connectivity index (χ1v) is 10.1. The zero-order valence-corrected chi connectivity index (χ0v) is 16.1. The minimum absolute atomic E-state index is 0.0261. The zero-order valence-electron chi connectivity index (χ0n) is 14.6. The third-order valence-corrected chi connectivity index (χ3v) is 6.45. The van der Waals surface area contributed by atoms with Crippen LogP contribution in [0.3, 0.4) is 0 Å². The van der Waals surface area contributed by atoms with Gasteiger partial charge < -0.3 is 4.90 Å². The number of carbonyl (C=O) groups is 1. The summed E-state index contributed by atoms with van der Waals surface area (Å²) in [4.78, 5) is 14.9. The molecule has 0 spiro atoms. The van der Waals surface area contributed by atoms with Gasteiger partial charge in [-0.15, -0.1) is 0 Å². The standard InChI is InChI=1S/C17H25ClN2O3S/c1-12(2)20(13(3)4)17(21)16-6-5-11-19(16)24(22,23)15-9-7-14(18)8-10-15/h7-10,12-13,16H,5-6,11H2,1-4H3/t16-/m1/s1. The predicted octanol–water partition coefficient (Wildman–Crippen LogP) is 3.14. The number of sulfonamides is 1. The van der Waals surface area contributed by atoms with E-state index in [4.69, 9.17) is 11.6 Å². The van der Waals surface area contributed by atoms with Gasteiger partial charge in [0, 0.05) is 23.7 Å². The van der Waals surface area contributed by atoms with Crippen molar-refractivity contribution < 1.29 is 13.2 Å². The lowest BCUT2D eigenvalue weighted by Crippen LogP contribution is -2.52. The minimum atomic E-state index is -3.71. The van der Waals surface area contributed by atoms with E-state index in [9.17, 15) is 13.2 Å². The highest BCUT2D eigenvalue weighted by molar-refractivity contribution is 7.89. The molecular formula is C17H25ClN2O3S. The van der Waals surface area contributed by atoms with Crippen LogP contribution in [0.15, 0.2) is 29.2 Å². The fraction of sp³-hybridized carbons (Fsp3) is 0.588. The molecule has 7 heteroatoms. The van der Waals surface area contributed by atoms with E-state index in [2.05, 4.69) is 0 Å². The second kappa shape index (κ2) is 7.42. The molecule has 0 bridgehead atoms. The van der Waals surface area contributed by atoms with Crippen molar-refractivity contribution in [3.8, 4) is 0 Å². The lowest BCUT2D eigenvalue weighted by molar-refractivity contribution is -0.138. The van der Waals surface area contributed by atoms with Gasteiger partial charge in [0.2, 0.25) is 15.9 Å². The van der Waals surface area contributed by atoms with E-state index in [-0.39, 0.29) is 22.9 Å². The lowest BCUT2D eigenvalue weighted by Gasteiger charge is -2.35. The summed E-state index contributed by atoms with van der Waals surface area (Å²) < 4.78 is 27.2. The third-order valence-electron chi connectivity index (χ3n) is 4.28. The number of halogens is 1. The van der Waals surface area contributed by atoms with Crippen LogP contribution in [0.4, 0.5) is 0 Å². The average Bonchev–Trinajstić information content (AvgIpc) is 2.97. The average molecular weight is 373 g/mol. The van der Waals surface area contributed by atoms with Gasteiger partial charge in [0.1, 0.15) is 6.04 Å². The normalized spacial score (nSPS) is 19.2. The van der Waals surface area contributed by atoms with Crippen LogP contribution >= 0.6 is 11.6 Å². The van der Waals surface area contributed by atoms with Gasteiger partial charge >= 0.3 is 0 Å². The summed E-state index contributed by atoms with van der Waals surface area (Å²) in [6.07, 6.45) is 1.24. The van der Waals surface area contributed by atoms with Crippen LogP contribution in [0.5, 0.6) is 0 Å². The minimum Gasteiger partial charge on any atom is -0.336 e. The fourth-order valence-corrected chi connectivity index (χ4v) is 5.07. The summed E-state index contributed by atoms with van der Waals surface area (Å²) in [7, 11) is -3.71. The first-order valence-electron chi connectivity index (χ1n) is 8.26. The highest BCUT2D eigenvalue weighted by atomic mass is 35.5. The first kappa shape index (κ1) is 19.2. The Labute approximate surface area is 149 Å². The largest absolute Gasteiger partial charge is 0.336 e. The number of amides is 1. The lowest BCUT2D eigenvalue weighted by atomic mass is 10.1. The van der Waals surface area contributed by atoms with Crippen LogP contribution < -0.4 is 0 Å². The van der Waals surface area contributed by atoms with Crippen molar-refractivity contribution in [2.24, 2.45) is 0 Å². The Balaban J connectivity index is 2.33. The third kappa shape index (κ3) is 3.76. The Bertz CT molecular complexity index is 678. The number of carbonyl (C=O) groups excluding carboxylic acids is 1. The second-order valence-corrected chi connectivity index (χ2v) is 8.99. The summed E-state index contributed by atoms with van der Waals surface area (Å²) >= 11 is 5.84. The van der Waals surface area contributed by atoms with Gasteiger partial charge in [0.15, 0.2) is 0 Å². The summed E-state index contributed by atoms with van der Waals surface area (Å²) in [5.74, 6) is -0.116. The molecule has 134 valence electrons. The van der Waals surface area contributed by atoms with Crippen molar-refractivity contribution in [2.75, 3.05) is 6.54 Å². The molecule has 1 heterocycles. The van der Waals surface area contributed by atoms with Crippen molar-refractivity contribution in [2.45, 2.75) is 63.6 Å². The zero-order chi connectivity index (χ0) is 18.1. The molecule has 0 saturated carbocycles.